The van der Waals surface area contributed by atoms with Crippen LogP contribution < -0.4 is 15.4 Å². The Labute approximate surface area is 295 Å². The molecular formula is C40H51N5O5. The third-order valence-electron chi connectivity index (χ3n) is 8.94. The van der Waals surface area contributed by atoms with Crippen LogP contribution in [-0.2, 0) is 27.2 Å². The lowest BCUT2D eigenvalue weighted by atomic mass is 9.90. The summed E-state index contributed by atoms with van der Waals surface area (Å²) in [5, 5.41) is 6.94. The molecule has 266 valence electrons. The van der Waals surface area contributed by atoms with Crippen molar-refractivity contribution in [3.05, 3.63) is 95.7 Å². The molecule has 2 atom stereocenters. The fourth-order valence-corrected chi connectivity index (χ4v) is 6.70. The fraction of sp³-hybridized carbons (Fsp3) is 0.425. The largest absolute Gasteiger partial charge is 0.457 e. The molecule has 0 aliphatic carbocycles. The standard InChI is InChI=1S/C40H51N5O5/c1-26(2)44(27(3)4)22-20-41-37(46)36-33-18-17-31(49-30-13-9-8-10-14-30)23-28(33)19-21-45(36)38(47)35(43-39(48)50-40(5,6)7)24-29-25-42-34-16-12-11-15-32(29)34/h8-18,23,25-27,35-36,42H,19-22,24H2,1-7H3,(H,41,46)(H,43,48). The van der Waals surface area contributed by atoms with E-state index in [1.54, 1.807) is 25.7 Å². The first-order chi connectivity index (χ1) is 23.8. The van der Waals surface area contributed by atoms with Crippen molar-refractivity contribution in [3.8, 4) is 11.5 Å². The number of rotatable bonds is 12. The van der Waals surface area contributed by atoms with E-state index in [-0.39, 0.29) is 24.8 Å². The van der Waals surface area contributed by atoms with Gasteiger partial charge in [0, 0.05) is 55.2 Å². The maximum atomic E-state index is 14.7. The molecule has 0 radical (unpaired) electrons. The van der Waals surface area contributed by atoms with Gasteiger partial charge in [-0.25, -0.2) is 4.79 Å². The van der Waals surface area contributed by atoms with E-state index < -0.39 is 23.8 Å². The molecule has 10 nitrogen and oxygen atoms in total. The molecule has 1 aliphatic heterocycles. The molecule has 0 saturated carbocycles. The smallest absolute Gasteiger partial charge is 0.408 e. The normalized spacial score (nSPS) is 15.2. The quantitative estimate of drug-likeness (QED) is 0.152. The van der Waals surface area contributed by atoms with Crippen LogP contribution in [0.5, 0.6) is 11.5 Å². The first-order valence-corrected chi connectivity index (χ1v) is 17.5. The lowest BCUT2D eigenvalue weighted by Gasteiger charge is -2.39. The predicted octanol–water partition coefficient (Wildman–Crippen LogP) is 6.76. The minimum absolute atomic E-state index is 0.210. The maximum Gasteiger partial charge on any atom is 0.408 e. The molecule has 2 heterocycles. The third-order valence-corrected chi connectivity index (χ3v) is 8.94. The zero-order valence-corrected chi connectivity index (χ0v) is 30.3. The highest BCUT2D eigenvalue weighted by Gasteiger charge is 2.40. The van der Waals surface area contributed by atoms with Crippen LogP contribution in [0.15, 0.2) is 79.0 Å². The van der Waals surface area contributed by atoms with Crippen LogP contribution in [-0.4, -0.2) is 76.1 Å². The van der Waals surface area contributed by atoms with Crippen molar-refractivity contribution in [1.29, 1.82) is 0 Å². The Kier molecular flexibility index (Phi) is 11.5. The van der Waals surface area contributed by atoms with Gasteiger partial charge in [-0.05, 0) is 102 Å². The highest BCUT2D eigenvalue weighted by Crippen LogP contribution is 2.35. The Morgan fingerprint density at radius 3 is 2.34 bits per heavy atom. The van der Waals surface area contributed by atoms with Crippen LogP contribution in [0.25, 0.3) is 10.9 Å². The summed E-state index contributed by atoms with van der Waals surface area (Å²) in [4.78, 5) is 49.3. The summed E-state index contributed by atoms with van der Waals surface area (Å²) in [5.74, 6) is 0.735. The van der Waals surface area contributed by atoms with Crippen molar-refractivity contribution >= 4 is 28.8 Å². The van der Waals surface area contributed by atoms with Crippen molar-refractivity contribution < 1.29 is 23.9 Å². The summed E-state index contributed by atoms with van der Waals surface area (Å²) in [6.45, 7) is 15.3. The number of nitrogens with one attached hydrogen (secondary N) is 3. The Morgan fingerprint density at radius 1 is 0.940 bits per heavy atom. The van der Waals surface area contributed by atoms with Crippen LogP contribution in [0.2, 0.25) is 0 Å². The number of H-pyrrole nitrogens is 1. The number of aromatic amines is 1. The van der Waals surface area contributed by atoms with Gasteiger partial charge in [-0.2, -0.15) is 0 Å². The highest BCUT2D eigenvalue weighted by molar-refractivity contribution is 5.93. The van der Waals surface area contributed by atoms with E-state index in [1.165, 1.54) is 0 Å². The maximum absolute atomic E-state index is 14.7. The van der Waals surface area contributed by atoms with Crippen LogP contribution >= 0.6 is 0 Å². The Bertz CT molecular complexity index is 1770. The number of amides is 3. The number of alkyl carbamates (subject to hydrolysis) is 1. The monoisotopic (exact) mass is 681 g/mol. The summed E-state index contributed by atoms with van der Waals surface area (Å²) in [7, 11) is 0. The number of aromatic nitrogens is 1. The van der Waals surface area contributed by atoms with Crippen molar-refractivity contribution in [2.24, 2.45) is 0 Å². The number of hydrogen-bond acceptors (Lipinski definition) is 6. The lowest BCUT2D eigenvalue weighted by molar-refractivity contribution is -0.143. The van der Waals surface area contributed by atoms with E-state index in [1.807, 2.05) is 79.0 Å². The summed E-state index contributed by atoms with van der Waals surface area (Å²) >= 11 is 0. The SMILES string of the molecule is CC(C)N(CCNC(=O)C1c2ccc(Oc3ccccc3)cc2CCN1C(=O)C(Cc1c[nH]c2ccccc12)NC(=O)OC(C)(C)C)C(C)C. The lowest BCUT2D eigenvalue weighted by Crippen LogP contribution is -2.55. The molecule has 0 fully saturated rings. The van der Waals surface area contributed by atoms with Crippen LogP contribution in [0.3, 0.4) is 0 Å². The van der Waals surface area contributed by atoms with Gasteiger partial charge >= 0.3 is 6.09 Å². The van der Waals surface area contributed by atoms with Gasteiger partial charge in [0.2, 0.25) is 11.8 Å². The van der Waals surface area contributed by atoms with Gasteiger partial charge in [0.15, 0.2) is 0 Å². The molecular weight excluding hydrogens is 630 g/mol. The topological polar surface area (TPSA) is 116 Å². The van der Waals surface area contributed by atoms with Crippen LogP contribution in [0.4, 0.5) is 4.79 Å². The molecule has 1 aromatic heterocycles. The van der Waals surface area contributed by atoms with Gasteiger partial charge in [0.25, 0.3) is 0 Å². The fourth-order valence-electron chi connectivity index (χ4n) is 6.70. The van der Waals surface area contributed by atoms with Crippen LogP contribution in [0, 0.1) is 0 Å². The minimum Gasteiger partial charge on any atom is -0.457 e. The predicted molar refractivity (Wildman–Crippen MR) is 196 cm³/mol. The molecule has 0 saturated heterocycles. The molecule has 1 aliphatic rings. The summed E-state index contributed by atoms with van der Waals surface area (Å²) < 4.78 is 11.7. The van der Waals surface area contributed by atoms with Crippen molar-refractivity contribution in [1.82, 2.24) is 25.4 Å². The van der Waals surface area contributed by atoms with Gasteiger partial charge in [0.05, 0.1) is 0 Å². The van der Waals surface area contributed by atoms with Gasteiger partial charge < -0.3 is 30.0 Å². The van der Waals surface area contributed by atoms with Gasteiger partial charge in [-0.1, -0.05) is 42.5 Å². The summed E-state index contributed by atoms with van der Waals surface area (Å²) in [6.07, 6.45) is 1.89. The highest BCUT2D eigenvalue weighted by atomic mass is 16.6. The first kappa shape index (κ1) is 36.5. The van der Waals surface area contributed by atoms with E-state index in [0.717, 1.165) is 27.6 Å². The molecule has 3 aromatic carbocycles. The zero-order chi connectivity index (χ0) is 36.0. The number of nitrogens with zero attached hydrogens (tertiary/aromatic N) is 2. The molecule has 4 aromatic rings. The second-order valence-corrected chi connectivity index (χ2v) is 14.4. The van der Waals surface area contributed by atoms with Crippen molar-refractivity contribution in [2.45, 2.75) is 91.1 Å². The number of hydrogen-bond donors (Lipinski definition) is 3. The summed E-state index contributed by atoms with van der Waals surface area (Å²) in [6, 6.07) is 21.8. The number of para-hydroxylation sites is 2. The van der Waals surface area contributed by atoms with Crippen molar-refractivity contribution in [3.63, 3.8) is 0 Å². The zero-order valence-electron chi connectivity index (χ0n) is 30.3. The van der Waals surface area contributed by atoms with Crippen LogP contribution in [0.1, 0.15) is 71.2 Å². The van der Waals surface area contributed by atoms with E-state index in [2.05, 4.69) is 48.2 Å². The Hall–Kier alpha value is -4.83. The molecule has 50 heavy (non-hydrogen) atoms. The van der Waals surface area contributed by atoms with E-state index in [4.69, 9.17) is 9.47 Å². The minimum atomic E-state index is -0.987. The number of fused-ring (bicyclic) bond motifs is 2. The molecule has 0 spiro atoms. The van der Waals surface area contributed by atoms with E-state index in [0.29, 0.717) is 43.1 Å². The summed E-state index contributed by atoms with van der Waals surface area (Å²) in [5.41, 5.74) is 2.71. The third kappa shape index (κ3) is 9.04. The van der Waals surface area contributed by atoms with E-state index >= 15 is 0 Å². The Morgan fingerprint density at radius 2 is 1.64 bits per heavy atom. The van der Waals surface area contributed by atoms with Crippen molar-refractivity contribution in [2.75, 3.05) is 19.6 Å². The first-order valence-electron chi connectivity index (χ1n) is 17.5. The second-order valence-electron chi connectivity index (χ2n) is 14.4. The average molecular weight is 682 g/mol. The average Bonchev–Trinajstić information content (AvgIpc) is 3.47. The second kappa shape index (κ2) is 15.8. The molecule has 3 amide bonds. The Balaban J connectivity index is 1.46. The van der Waals surface area contributed by atoms with E-state index in [9.17, 15) is 14.4 Å². The van der Waals surface area contributed by atoms with Gasteiger partial charge in [-0.3, -0.25) is 14.5 Å². The van der Waals surface area contributed by atoms with Gasteiger partial charge in [-0.15, -0.1) is 0 Å². The number of benzene rings is 3. The number of carbonyl (C=O) groups excluding carboxylic acids is 3. The molecule has 3 N–H and O–H groups in total. The molecule has 2 unspecified atom stereocenters. The molecule has 10 heteroatoms. The number of carbonyl (C=O) groups is 3. The molecule has 0 bridgehead atoms. The van der Waals surface area contributed by atoms with Gasteiger partial charge in [0.1, 0.15) is 29.2 Å². The molecule has 5 rings (SSSR count). The number of ether oxygens (including phenoxy) is 2.